The van der Waals surface area contributed by atoms with Crippen LogP contribution in [0.2, 0.25) is 0 Å². The number of aromatic nitrogens is 4. The number of methoxy groups -OCH3 is 1. The van der Waals surface area contributed by atoms with Crippen molar-refractivity contribution >= 4 is 51.7 Å². The molecule has 2 amide bonds. The van der Waals surface area contributed by atoms with Gasteiger partial charge in [0.25, 0.3) is 0 Å². The van der Waals surface area contributed by atoms with Gasteiger partial charge in [0.2, 0.25) is 11.8 Å². The number of aldehydes is 1. The number of hydrogen-bond donors (Lipinski definition) is 1. The fourth-order valence-corrected chi connectivity index (χ4v) is 6.76. The number of carbonyl (C=O) groups excluding carboxylic acids is 5. The third kappa shape index (κ3) is 7.38. The van der Waals surface area contributed by atoms with E-state index in [1.165, 1.54) is 25.0 Å². The summed E-state index contributed by atoms with van der Waals surface area (Å²) in [7, 11) is 6.44. The Balaban J connectivity index is 0.000000606. The number of carbonyl (C=O) groups is 5. The van der Waals surface area contributed by atoms with E-state index >= 15 is 4.39 Å². The first-order valence-corrected chi connectivity index (χ1v) is 16.2. The number of likely N-dealkylation sites (N-methyl/N-ethyl adjacent to an activating group) is 2. The van der Waals surface area contributed by atoms with Gasteiger partial charge in [-0.25, -0.2) is 4.39 Å². The molecule has 13 nitrogen and oxygen atoms in total. The zero-order chi connectivity index (χ0) is 35.5. The summed E-state index contributed by atoms with van der Waals surface area (Å²) in [6.07, 6.45) is 4.47. The third-order valence-corrected chi connectivity index (χ3v) is 9.38. The number of benzene rings is 2. The molecule has 0 unspecified atom stereocenters. The van der Waals surface area contributed by atoms with Gasteiger partial charge in [-0.15, -0.1) is 0 Å². The number of halogens is 1. The van der Waals surface area contributed by atoms with E-state index in [-0.39, 0.29) is 73.2 Å². The van der Waals surface area contributed by atoms with Gasteiger partial charge in [0.05, 0.1) is 43.1 Å². The molecular formula is C35H42FN7O6. The molecule has 1 aliphatic heterocycles. The number of rotatable bonds is 11. The first kappa shape index (κ1) is 35.3. The van der Waals surface area contributed by atoms with Crippen molar-refractivity contribution in [1.82, 2.24) is 34.7 Å². The van der Waals surface area contributed by atoms with Crippen molar-refractivity contribution in [3.05, 3.63) is 48.0 Å². The molecule has 1 aliphatic carbocycles. The summed E-state index contributed by atoms with van der Waals surface area (Å²) in [5.74, 6) is -0.758. The van der Waals surface area contributed by atoms with E-state index in [2.05, 4.69) is 15.2 Å². The zero-order valence-electron chi connectivity index (χ0n) is 28.5. The number of ether oxygens (including phenoxy) is 1. The Morgan fingerprint density at radius 1 is 1.12 bits per heavy atom. The molecule has 1 spiro atoms. The van der Waals surface area contributed by atoms with Crippen LogP contribution >= 0.6 is 0 Å². The number of nitrogens with zero attached hydrogens (tertiary/aromatic N) is 6. The fourth-order valence-electron chi connectivity index (χ4n) is 6.76. The van der Waals surface area contributed by atoms with Gasteiger partial charge in [-0.2, -0.15) is 10.2 Å². The van der Waals surface area contributed by atoms with Crippen molar-refractivity contribution in [2.45, 2.75) is 45.1 Å². The summed E-state index contributed by atoms with van der Waals surface area (Å²) in [5, 5.41) is 13.3. The van der Waals surface area contributed by atoms with Crippen LogP contribution in [0.15, 0.2) is 36.5 Å². The molecule has 0 radical (unpaired) electrons. The topological polar surface area (TPSA) is 149 Å². The minimum Gasteiger partial charge on any atom is -0.468 e. The van der Waals surface area contributed by atoms with Crippen molar-refractivity contribution < 1.29 is 33.1 Å². The van der Waals surface area contributed by atoms with Gasteiger partial charge >= 0.3 is 5.97 Å². The Hall–Kier alpha value is -4.98. The van der Waals surface area contributed by atoms with Gasteiger partial charge in [0, 0.05) is 67.7 Å². The molecular weight excluding hydrogens is 633 g/mol. The maximum atomic E-state index is 15.6. The average Bonchev–Trinajstić information content (AvgIpc) is 3.58. The summed E-state index contributed by atoms with van der Waals surface area (Å²) < 4.78 is 23.2. The second-order valence-electron chi connectivity index (χ2n) is 13.0. The smallest absolute Gasteiger partial charge is 0.319 e. The van der Waals surface area contributed by atoms with Crippen LogP contribution in [0, 0.1) is 11.2 Å². The molecule has 1 N–H and O–H groups in total. The minimum atomic E-state index is -0.368. The lowest BCUT2D eigenvalue weighted by molar-refractivity contribution is -0.152. The van der Waals surface area contributed by atoms with Crippen LogP contribution in [0.25, 0.3) is 32.9 Å². The molecule has 4 aromatic rings. The van der Waals surface area contributed by atoms with E-state index < -0.39 is 0 Å². The second-order valence-corrected chi connectivity index (χ2v) is 13.0. The largest absolute Gasteiger partial charge is 0.468 e. The number of fused-ring (bicyclic) bond motifs is 2. The quantitative estimate of drug-likeness (QED) is 0.187. The van der Waals surface area contributed by atoms with E-state index in [0.29, 0.717) is 35.9 Å². The number of nitrogens with one attached hydrogen (secondary N) is 1. The lowest BCUT2D eigenvalue weighted by atomic mass is 9.56. The molecule has 2 aromatic heterocycles. The van der Waals surface area contributed by atoms with Gasteiger partial charge < -0.3 is 29.4 Å². The van der Waals surface area contributed by atoms with Crippen LogP contribution in [0.1, 0.15) is 44.2 Å². The highest BCUT2D eigenvalue weighted by atomic mass is 19.1. The van der Waals surface area contributed by atoms with Crippen LogP contribution < -0.4 is 5.32 Å². The van der Waals surface area contributed by atoms with Gasteiger partial charge in [-0.1, -0.05) is 12.1 Å². The molecule has 49 heavy (non-hydrogen) atoms. The van der Waals surface area contributed by atoms with Gasteiger partial charge in [0.15, 0.2) is 0 Å². The Labute approximate surface area is 283 Å². The molecule has 0 bridgehead atoms. The molecule has 2 aliphatic rings. The van der Waals surface area contributed by atoms with Gasteiger partial charge in [-0.05, 0) is 50.6 Å². The first-order chi connectivity index (χ1) is 23.4. The number of amides is 2. The van der Waals surface area contributed by atoms with E-state index in [1.54, 1.807) is 35.7 Å². The van der Waals surface area contributed by atoms with E-state index in [1.807, 2.05) is 30.1 Å². The summed E-state index contributed by atoms with van der Waals surface area (Å²) in [6, 6.07) is 8.89. The van der Waals surface area contributed by atoms with Crippen molar-refractivity contribution in [3.63, 3.8) is 0 Å². The summed E-state index contributed by atoms with van der Waals surface area (Å²) in [4.78, 5) is 61.0. The molecule has 2 aromatic carbocycles. The Bertz CT molecular complexity index is 1900. The summed E-state index contributed by atoms with van der Waals surface area (Å²) in [5.41, 5.74) is 3.47. The predicted molar refractivity (Wildman–Crippen MR) is 180 cm³/mol. The number of Topliss-reactive ketones (excluding diaryl/α,β-unsaturated/α-hetero) is 1. The minimum absolute atomic E-state index is 0.00952. The van der Waals surface area contributed by atoms with Crippen LogP contribution in [0.3, 0.4) is 0 Å². The normalized spacial score (nSPS) is 14.9. The first-order valence-electron chi connectivity index (χ1n) is 16.2. The SMILES string of the molecule is CC(=O)CCC(=O)N1CC2(CC(c3nn(CC(=O)N(C)CC=O)c4cccc(-c5cc6c(cnn6C)cc5F)c34)C2)C1.CNCC(=O)OC. The number of aryl methyl sites for hydroxylation is 1. The maximum absolute atomic E-state index is 15.6. The van der Waals surface area contributed by atoms with Crippen LogP contribution in [-0.4, -0.2) is 107 Å². The number of ketones is 1. The molecule has 2 fully saturated rings. The van der Waals surface area contributed by atoms with Crippen molar-refractivity contribution in [3.8, 4) is 11.1 Å². The van der Waals surface area contributed by atoms with Crippen LogP contribution in [0.5, 0.6) is 0 Å². The average molecular weight is 676 g/mol. The van der Waals surface area contributed by atoms with E-state index in [4.69, 9.17) is 5.10 Å². The summed E-state index contributed by atoms with van der Waals surface area (Å²) >= 11 is 0. The Morgan fingerprint density at radius 3 is 2.49 bits per heavy atom. The standard InChI is InChI=1S/C31H33FN6O4.C4H9NO2/c1-19(40)7-8-27(41)37-17-31(18-37)13-21(14-31)30-29-22(23-12-26-20(11-24(23)32)15-33-36(26)3)5-4-6-25(29)38(34-30)16-28(42)35(2)9-10-39;1-5-3-4(6)7-2/h4-6,10-12,15,21H,7-9,13-14,16-18H2,1-3H3;5H,3H2,1-2H3. The van der Waals surface area contributed by atoms with E-state index in [9.17, 15) is 24.0 Å². The maximum Gasteiger partial charge on any atom is 0.319 e. The van der Waals surface area contributed by atoms with Crippen LogP contribution in [-0.2, 0) is 42.3 Å². The molecule has 1 saturated carbocycles. The van der Waals surface area contributed by atoms with Crippen molar-refractivity contribution in [2.24, 2.45) is 12.5 Å². The highest BCUT2D eigenvalue weighted by Gasteiger charge is 2.54. The number of esters is 1. The highest BCUT2D eigenvalue weighted by Crippen LogP contribution is 2.57. The second kappa shape index (κ2) is 14.6. The lowest BCUT2D eigenvalue weighted by Gasteiger charge is -2.59. The molecule has 1 saturated heterocycles. The van der Waals surface area contributed by atoms with Crippen molar-refractivity contribution in [2.75, 3.05) is 47.4 Å². The fraction of sp³-hybridized carbons (Fsp3) is 0.457. The molecule has 14 heteroatoms. The summed E-state index contributed by atoms with van der Waals surface area (Å²) in [6.45, 7) is 3.03. The molecule has 6 rings (SSSR count). The Kier molecular flexibility index (Phi) is 10.6. The monoisotopic (exact) mass is 675 g/mol. The number of likely N-dealkylation sites (tertiary alicyclic amines) is 1. The van der Waals surface area contributed by atoms with Crippen LogP contribution in [0.4, 0.5) is 4.39 Å². The Morgan fingerprint density at radius 2 is 1.86 bits per heavy atom. The van der Waals surface area contributed by atoms with Gasteiger partial charge in [-0.3, -0.25) is 23.7 Å². The highest BCUT2D eigenvalue weighted by molar-refractivity contribution is 6.00. The lowest BCUT2D eigenvalue weighted by Crippen LogP contribution is -2.63. The zero-order valence-corrected chi connectivity index (χ0v) is 28.5. The van der Waals surface area contributed by atoms with Crippen molar-refractivity contribution in [1.29, 1.82) is 0 Å². The van der Waals surface area contributed by atoms with E-state index in [0.717, 1.165) is 35.0 Å². The third-order valence-electron chi connectivity index (χ3n) is 9.38. The molecule has 3 heterocycles. The van der Waals surface area contributed by atoms with Gasteiger partial charge in [0.1, 0.15) is 24.4 Å². The predicted octanol–water partition coefficient (Wildman–Crippen LogP) is 2.84. The molecule has 0 atom stereocenters. The molecule has 260 valence electrons. The number of hydrogen-bond acceptors (Lipinski definition) is 9.